The van der Waals surface area contributed by atoms with Gasteiger partial charge in [-0.25, -0.2) is 9.82 Å². The van der Waals surface area contributed by atoms with Gasteiger partial charge in [0.15, 0.2) is 5.84 Å². The van der Waals surface area contributed by atoms with E-state index in [1.54, 1.807) is 39.3 Å². The van der Waals surface area contributed by atoms with E-state index in [4.69, 9.17) is 10.8 Å². The van der Waals surface area contributed by atoms with E-state index in [0.717, 1.165) is 18.4 Å². The van der Waals surface area contributed by atoms with Crippen LogP contribution in [0.3, 0.4) is 0 Å². The van der Waals surface area contributed by atoms with Crippen LogP contribution in [-0.4, -0.2) is 58.9 Å². The number of allylic oxidation sites excluding steroid dienone is 6. The van der Waals surface area contributed by atoms with Crippen molar-refractivity contribution in [2.75, 3.05) is 21.1 Å². The van der Waals surface area contributed by atoms with E-state index in [1.807, 2.05) is 13.8 Å². The maximum absolute atomic E-state index is 15.2. The first-order valence-corrected chi connectivity index (χ1v) is 10.3. The van der Waals surface area contributed by atoms with Crippen LogP contribution in [0.4, 0.5) is 13.2 Å². The fourth-order valence-electron chi connectivity index (χ4n) is 2.57. The van der Waals surface area contributed by atoms with Gasteiger partial charge < -0.3 is 5.01 Å². The molecule has 0 radical (unpaired) electrons. The van der Waals surface area contributed by atoms with Gasteiger partial charge >= 0.3 is 5.92 Å². The minimum Gasteiger partial charge on any atom is -0.319 e. The van der Waals surface area contributed by atoms with Gasteiger partial charge in [0, 0.05) is 51.8 Å². The van der Waals surface area contributed by atoms with Crippen LogP contribution in [0.15, 0.2) is 59.3 Å². The van der Waals surface area contributed by atoms with Crippen LogP contribution in [0.2, 0.25) is 0 Å². The average Bonchev–Trinajstić information content (AvgIpc) is 2.79. The third-order valence-corrected chi connectivity index (χ3v) is 4.35. The van der Waals surface area contributed by atoms with E-state index in [2.05, 4.69) is 15.6 Å². The van der Waals surface area contributed by atoms with Crippen molar-refractivity contribution in [2.24, 2.45) is 5.10 Å². The third kappa shape index (κ3) is 7.56. The smallest absolute Gasteiger partial charge is 0.319 e. The van der Waals surface area contributed by atoms with Crippen LogP contribution in [-0.2, 0) is 0 Å². The van der Waals surface area contributed by atoms with Crippen LogP contribution >= 0.6 is 0 Å². The Kier molecular flexibility index (Phi) is 10.5. The van der Waals surface area contributed by atoms with Gasteiger partial charge in [-0.15, -0.1) is 0 Å². The van der Waals surface area contributed by atoms with Crippen molar-refractivity contribution in [3.05, 3.63) is 65.3 Å². The second-order valence-electron chi connectivity index (χ2n) is 6.75. The fraction of sp³-hybridized carbons (Fsp3) is 0.364. The van der Waals surface area contributed by atoms with Crippen molar-refractivity contribution in [1.29, 1.82) is 10.8 Å². The molecular formula is C22H31F3N8. The normalized spacial score (nSPS) is 19.8. The molecule has 0 aromatic carbocycles. The Morgan fingerprint density at radius 2 is 1.94 bits per heavy atom. The van der Waals surface area contributed by atoms with E-state index in [9.17, 15) is 4.39 Å². The Morgan fingerprint density at radius 3 is 2.58 bits per heavy atom. The SMILES string of the molecule is CC.CNN(C)/C=C(\C)c1ccc(=N)n(C(=N)C(F)(F)/C2=C/C=C/N(C)/N=C/C=C(/F)C2)n1. The lowest BCUT2D eigenvalue weighted by atomic mass is 10.0. The highest BCUT2D eigenvalue weighted by Crippen LogP contribution is 2.31. The summed E-state index contributed by atoms with van der Waals surface area (Å²) in [6.45, 7) is 5.72. The topological polar surface area (TPSA) is 96.4 Å². The van der Waals surface area contributed by atoms with Crippen molar-refractivity contribution in [3.8, 4) is 0 Å². The molecule has 0 bridgehead atoms. The molecule has 2 rings (SSSR count). The Bertz CT molecular complexity index is 1030. The molecule has 0 amide bonds. The lowest BCUT2D eigenvalue weighted by Crippen LogP contribution is -2.42. The van der Waals surface area contributed by atoms with Crippen LogP contribution < -0.4 is 10.9 Å². The number of alkyl halides is 2. The number of nitrogens with zero attached hydrogens (tertiary/aromatic N) is 5. The minimum absolute atomic E-state index is 0.308. The Labute approximate surface area is 192 Å². The highest BCUT2D eigenvalue weighted by Gasteiger charge is 2.41. The summed E-state index contributed by atoms with van der Waals surface area (Å²) >= 11 is 0. The zero-order chi connectivity index (χ0) is 25.2. The zero-order valence-corrected chi connectivity index (χ0v) is 19.7. The van der Waals surface area contributed by atoms with Gasteiger partial charge in [0.1, 0.15) is 11.3 Å². The number of hydrogen-bond acceptors (Lipinski definition) is 7. The highest BCUT2D eigenvalue weighted by atomic mass is 19.3. The van der Waals surface area contributed by atoms with E-state index in [-0.39, 0.29) is 0 Å². The maximum Gasteiger partial charge on any atom is 0.328 e. The molecule has 0 atom stereocenters. The van der Waals surface area contributed by atoms with Gasteiger partial charge in [-0.2, -0.15) is 23.7 Å². The first kappa shape index (κ1) is 27.6. The molecule has 0 saturated heterocycles. The molecule has 1 aromatic heterocycles. The molecule has 33 heavy (non-hydrogen) atoms. The van der Waals surface area contributed by atoms with Crippen LogP contribution in [0.1, 0.15) is 32.9 Å². The van der Waals surface area contributed by atoms with E-state index in [1.165, 1.54) is 29.4 Å². The predicted molar refractivity (Wildman–Crippen MR) is 125 cm³/mol. The number of aromatic nitrogens is 2. The van der Waals surface area contributed by atoms with Gasteiger partial charge in [-0.1, -0.05) is 19.9 Å². The molecule has 1 aliphatic rings. The average molecular weight is 465 g/mol. The molecule has 1 aromatic rings. The number of nitrogens with one attached hydrogen (secondary N) is 3. The molecule has 11 heteroatoms. The number of hydrazone groups is 1. The van der Waals surface area contributed by atoms with Crippen LogP contribution in [0.5, 0.6) is 0 Å². The Balaban J connectivity index is 0.00000265. The largest absolute Gasteiger partial charge is 0.328 e. The summed E-state index contributed by atoms with van der Waals surface area (Å²) in [4.78, 5) is 0. The summed E-state index contributed by atoms with van der Waals surface area (Å²) in [5.41, 5.74) is 2.75. The Hall–Kier alpha value is -3.47. The van der Waals surface area contributed by atoms with Crippen LogP contribution in [0.25, 0.3) is 5.57 Å². The van der Waals surface area contributed by atoms with E-state index < -0.39 is 35.1 Å². The van der Waals surface area contributed by atoms with Crippen molar-refractivity contribution in [2.45, 2.75) is 33.1 Å². The van der Waals surface area contributed by atoms with Crippen molar-refractivity contribution in [3.63, 3.8) is 0 Å². The second-order valence-corrected chi connectivity index (χ2v) is 6.75. The lowest BCUT2D eigenvalue weighted by Gasteiger charge is -2.22. The number of hydrogen-bond donors (Lipinski definition) is 3. The summed E-state index contributed by atoms with van der Waals surface area (Å²) in [7, 11) is 5.02. The lowest BCUT2D eigenvalue weighted by molar-refractivity contribution is 0.109. The predicted octanol–water partition coefficient (Wildman–Crippen LogP) is 3.89. The molecule has 0 saturated carbocycles. The first-order valence-electron chi connectivity index (χ1n) is 10.3. The summed E-state index contributed by atoms with van der Waals surface area (Å²) in [6.07, 6.45) is 6.87. The summed E-state index contributed by atoms with van der Waals surface area (Å²) in [5, 5.41) is 26.9. The molecule has 2 heterocycles. The minimum atomic E-state index is -3.88. The molecular weight excluding hydrogens is 433 g/mol. The van der Waals surface area contributed by atoms with Gasteiger partial charge in [0.2, 0.25) is 0 Å². The van der Waals surface area contributed by atoms with Crippen LogP contribution in [0, 0.1) is 10.8 Å². The summed E-state index contributed by atoms with van der Waals surface area (Å²) < 4.78 is 45.1. The molecule has 0 fully saturated rings. The Morgan fingerprint density at radius 1 is 1.27 bits per heavy atom. The monoisotopic (exact) mass is 464 g/mol. The van der Waals surface area contributed by atoms with Gasteiger partial charge in [-0.05, 0) is 36.8 Å². The van der Waals surface area contributed by atoms with Gasteiger partial charge in [-0.3, -0.25) is 15.8 Å². The first-order chi connectivity index (χ1) is 15.6. The standard InChI is InChI=1S/C20H25F3N8.C2H6/c1-14(13-30(4)26-2)17-7-8-18(24)31(28-17)19(25)20(22,23)15-6-5-11-29(3)27-10-9-16(21)12-15;1-2/h5-11,13,24-26H,12H2,1-4H3;1-2H3/b11-5+,14-13+,15-6+,16-9+,24-18?,25-19?,27-10+;. The summed E-state index contributed by atoms with van der Waals surface area (Å²) in [5.74, 6) is -5.96. The van der Waals surface area contributed by atoms with Gasteiger partial charge in [0.05, 0.1) is 5.69 Å². The maximum atomic E-state index is 15.2. The zero-order valence-electron chi connectivity index (χ0n) is 19.7. The molecule has 180 valence electrons. The molecule has 0 unspecified atom stereocenters. The van der Waals surface area contributed by atoms with Crippen molar-refractivity contribution < 1.29 is 13.2 Å². The van der Waals surface area contributed by atoms with Gasteiger partial charge in [0.25, 0.3) is 0 Å². The van der Waals surface area contributed by atoms with E-state index >= 15 is 8.78 Å². The number of rotatable bonds is 5. The quantitative estimate of drug-likeness (QED) is 0.350. The van der Waals surface area contributed by atoms with E-state index in [0.29, 0.717) is 15.9 Å². The molecule has 0 aliphatic carbocycles. The molecule has 1 aliphatic heterocycles. The molecule has 0 spiro atoms. The molecule has 3 N–H and O–H groups in total. The number of halogens is 3. The summed E-state index contributed by atoms with van der Waals surface area (Å²) in [6, 6.07) is 2.78. The van der Waals surface area contributed by atoms with Crippen molar-refractivity contribution in [1.82, 2.24) is 25.2 Å². The third-order valence-electron chi connectivity index (χ3n) is 4.35. The highest BCUT2D eigenvalue weighted by molar-refractivity contribution is 5.90. The molecule has 8 nitrogen and oxygen atoms in total. The number of hydrazine groups is 1. The van der Waals surface area contributed by atoms with Crippen molar-refractivity contribution >= 4 is 17.6 Å². The fourth-order valence-corrected chi connectivity index (χ4v) is 2.57. The second kappa shape index (κ2) is 12.5.